The van der Waals surface area contributed by atoms with Crippen molar-refractivity contribution in [3.8, 4) is 0 Å². The highest BCUT2D eigenvalue weighted by Crippen LogP contribution is 2.00. The predicted molar refractivity (Wildman–Crippen MR) is 60.7 cm³/mol. The first kappa shape index (κ1) is 11.6. The van der Waals surface area contributed by atoms with Crippen LogP contribution in [0.3, 0.4) is 0 Å². The third kappa shape index (κ3) is 3.31. The first-order chi connectivity index (χ1) is 7.15. The van der Waals surface area contributed by atoms with E-state index in [0.29, 0.717) is 11.5 Å². The second-order valence-electron chi connectivity index (χ2n) is 3.68. The fourth-order valence-electron chi connectivity index (χ4n) is 1.39. The highest BCUT2D eigenvalue weighted by molar-refractivity contribution is 5.29. The zero-order valence-electron chi connectivity index (χ0n) is 9.40. The highest BCUT2D eigenvalue weighted by Gasteiger charge is 1.97. The van der Waals surface area contributed by atoms with Crippen LogP contribution in [-0.2, 0) is 0 Å². The average Bonchev–Trinajstić information content (AvgIpc) is 2.21. The van der Waals surface area contributed by atoms with Crippen molar-refractivity contribution in [1.29, 1.82) is 0 Å². The van der Waals surface area contributed by atoms with Crippen molar-refractivity contribution in [2.24, 2.45) is 4.99 Å². The Bertz CT molecular complexity index is 356. The summed E-state index contributed by atoms with van der Waals surface area (Å²) in [5, 5.41) is 10.2. The molecule has 0 aliphatic heterocycles. The van der Waals surface area contributed by atoms with Crippen LogP contribution in [0.25, 0.3) is 0 Å². The summed E-state index contributed by atoms with van der Waals surface area (Å²) in [4.78, 5) is 4.40. The molecule has 0 saturated carbocycles. The van der Waals surface area contributed by atoms with E-state index in [4.69, 9.17) is 5.73 Å². The summed E-state index contributed by atoms with van der Waals surface area (Å²) in [6.07, 6.45) is 3.50. The minimum Gasteiger partial charge on any atom is -0.427 e. The maximum absolute atomic E-state index is 9.39. The second kappa shape index (κ2) is 5.44. The van der Waals surface area contributed by atoms with Gasteiger partial charge in [-0.15, -0.1) is 0 Å². The summed E-state index contributed by atoms with van der Waals surface area (Å²) in [5.41, 5.74) is 6.30. The average molecular weight is 209 g/mol. The number of rotatable bonds is 4. The van der Waals surface area contributed by atoms with Crippen molar-refractivity contribution in [2.45, 2.75) is 33.1 Å². The van der Waals surface area contributed by atoms with Crippen LogP contribution in [0.15, 0.2) is 17.1 Å². The molecule has 0 bridgehead atoms. The summed E-state index contributed by atoms with van der Waals surface area (Å²) in [6, 6.07) is 3.50. The minimum absolute atomic E-state index is 0.323. The van der Waals surface area contributed by atoms with Crippen LogP contribution in [0.2, 0.25) is 0 Å². The van der Waals surface area contributed by atoms with Gasteiger partial charge in [0.05, 0.1) is 11.1 Å². The van der Waals surface area contributed by atoms with Crippen LogP contribution in [0.4, 0.5) is 5.82 Å². The van der Waals surface area contributed by atoms with Crippen molar-refractivity contribution in [2.75, 3.05) is 12.3 Å². The number of unbranched alkanes of at least 4 members (excludes halogenated alkanes) is 2. The SMILES string of the molecule is CCCCCN=c1cc(C)n(O)c(N)c1. The molecular formula is C11H19N3O. The summed E-state index contributed by atoms with van der Waals surface area (Å²) in [6.45, 7) is 4.78. The van der Waals surface area contributed by atoms with E-state index in [0.717, 1.165) is 23.1 Å². The molecule has 1 rings (SSSR count). The van der Waals surface area contributed by atoms with Gasteiger partial charge in [0.1, 0.15) is 5.82 Å². The predicted octanol–water partition coefficient (Wildman–Crippen LogP) is 1.71. The Hall–Kier alpha value is -1.45. The van der Waals surface area contributed by atoms with E-state index < -0.39 is 0 Å². The maximum Gasteiger partial charge on any atom is 0.141 e. The van der Waals surface area contributed by atoms with Gasteiger partial charge >= 0.3 is 0 Å². The fourth-order valence-corrected chi connectivity index (χ4v) is 1.39. The molecular weight excluding hydrogens is 190 g/mol. The molecule has 1 aromatic rings. The van der Waals surface area contributed by atoms with Gasteiger partial charge in [0.2, 0.25) is 0 Å². The molecule has 4 heteroatoms. The third-order valence-corrected chi connectivity index (χ3v) is 2.29. The Labute approximate surface area is 90.0 Å². The van der Waals surface area contributed by atoms with Gasteiger partial charge in [-0.05, 0) is 19.4 Å². The van der Waals surface area contributed by atoms with Crippen molar-refractivity contribution in [3.05, 3.63) is 23.2 Å². The van der Waals surface area contributed by atoms with Crippen molar-refractivity contribution in [1.82, 2.24) is 4.73 Å². The Kier molecular flexibility index (Phi) is 4.21. The molecule has 0 fully saturated rings. The maximum atomic E-state index is 9.39. The molecule has 1 heterocycles. The van der Waals surface area contributed by atoms with Crippen LogP contribution in [0, 0.1) is 6.92 Å². The molecule has 0 amide bonds. The van der Waals surface area contributed by atoms with Gasteiger partial charge in [-0.2, -0.15) is 4.73 Å². The van der Waals surface area contributed by atoms with E-state index in [1.54, 1.807) is 13.0 Å². The first-order valence-corrected chi connectivity index (χ1v) is 5.34. The quantitative estimate of drug-likeness (QED) is 0.585. The van der Waals surface area contributed by atoms with E-state index in [9.17, 15) is 5.21 Å². The Morgan fingerprint density at radius 3 is 2.73 bits per heavy atom. The van der Waals surface area contributed by atoms with Crippen LogP contribution < -0.4 is 11.1 Å². The zero-order chi connectivity index (χ0) is 11.3. The summed E-state index contributed by atoms with van der Waals surface area (Å²) in [7, 11) is 0. The monoisotopic (exact) mass is 209 g/mol. The molecule has 0 aromatic carbocycles. The van der Waals surface area contributed by atoms with Crippen LogP contribution in [0.1, 0.15) is 31.9 Å². The lowest BCUT2D eigenvalue weighted by Gasteiger charge is -2.05. The van der Waals surface area contributed by atoms with Gasteiger partial charge in [0.25, 0.3) is 0 Å². The Balaban J connectivity index is 2.77. The number of nitrogens with zero attached hydrogens (tertiary/aromatic N) is 2. The number of aromatic nitrogens is 1. The van der Waals surface area contributed by atoms with Crippen LogP contribution in [-0.4, -0.2) is 16.5 Å². The van der Waals surface area contributed by atoms with Gasteiger partial charge in [-0.1, -0.05) is 19.8 Å². The van der Waals surface area contributed by atoms with Crippen molar-refractivity contribution < 1.29 is 5.21 Å². The van der Waals surface area contributed by atoms with Crippen LogP contribution in [0.5, 0.6) is 0 Å². The molecule has 1 aromatic heterocycles. The second-order valence-corrected chi connectivity index (χ2v) is 3.68. The molecule has 0 saturated heterocycles. The standard InChI is InChI=1S/C11H19N3O/c1-3-4-5-6-13-10-7-9(2)14(15)11(12)8-10/h7-8,15H,3-6,12H2,1-2H3. The normalized spacial score (nSPS) is 12.0. The Morgan fingerprint density at radius 2 is 2.13 bits per heavy atom. The number of aryl methyl sites for hydroxylation is 1. The number of pyridine rings is 1. The highest BCUT2D eigenvalue weighted by atomic mass is 16.5. The molecule has 0 aliphatic rings. The van der Waals surface area contributed by atoms with Gasteiger partial charge in [-0.25, -0.2) is 0 Å². The summed E-state index contributed by atoms with van der Waals surface area (Å²) < 4.78 is 0.963. The van der Waals surface area contributed by atoms with E-state index in [-0.39, 0.29) is 0 Å². The lowest BCUT2D eigenvalue weighted by atomic mass is 10.2. The molecule has 0 aliphatic carbocycles. The minimum atomic E-state index is 0.323. The van der Waals surface area contributed by atoms with Crippen molar-refractivity contribution >= 4 is 5.82 Å². The van der Waals surface area contributed by atoms with E-state index >= 15 is 0 Å². The number of hydrogen-bond acceptors (Lipinski definition) is 3. The van der Waals surface area contributed by atoms with E-state index in [1.165, 1.54) is 12.8 Å². The smallest absolute Gasteiger partial charge is 0.141 e. The summed E-state index contributed by atoms with van der Waals surface area (Å²) >= 11 is 0. The van der Waals surface area contributed by atoms with Gasteiger partial charge in [0, 0.05) is 12.6 Å². The number of anilines is 1. The van der Waals surface area contributed by atoms with E-state index in [2.05, 4.69) is 11.9 Å². The van der Waals surface area contributed by atoms with E-state index in [1.807, 2.05) is 6.07 Å². The molecule has 0 unspecified atom stereocenters. The van der Waals surface area contributed by atoms with Gasteiger partial charge in [-0.3, -0.25) is 4.99 Å². The fraction of sp³-hybridized carbons (Fsp3) is 0.545. The lowest BCUT2D eigenvalue weighted by Crippen LogP contribution is -2.13. The van der Waals surface area contributed by atoms with Gasteiger partial charge < -0.3 is 10.9 Å². The Morgan fingerprint density at radius 1 is 1.40 bits per heavy atom. The van der Waals surface area contributed by atoms with Crippen LogP contribution >= 0.6 is 0 Å². The molecule has 0 spiro atoms. The number of hydrogen-bond donors (Lipinski definition) is 2. The third-order valence-electron chi connectivity index (χ3n) is 2.29. The lowest BCUT2D eigenvalue weighted by molar-refractivity contribution is 0.184. The summed E-state index contributed by atoms with van der Waals surface area (Å²) in [5.74, 6) is 0.323. The molecule has 3 N–H and O–H groups in total. The molecule has 15 heavy (non-hydrogen) atoms. The first-order valence-electron chi connectivity index (χ1n) is 5.34. The topological polar surface area (TPSA) is 63.5 Å². The number of nitrogens with two attached hydrogens (primary N) is 1. The largest absolute Gasteiger partial charge is 0.427 e. The molecule has 0 atom stereocenters. The molecule has 4 nitrogen and oxygen atoms in total. The molecule has 84 valence electrons. The van der Waals surface area contributed by atoms with Gasteiger partial charge in [0.15, 0.2) is 0 Å². The van der Waals surface area contributed by atoms with Crippen molar-refractivity contribution in [3.63, 3.8) is 0 Å². The zero-order valence-corrected chi connectivity index (χ0v) is 9.40. The molecule has 0 radical (unpaired) electrons. The number of nitrogen functional groups attached to an aromatic ring is 1.